The summed E-state index contributed by atoms with van der Waals surface area (Å²) >= 11 is 0. The molecule has 1 saturated heterocycles. The maximum absolute atomic E-state index is 12.7. The van der Waals surface area contributed by atoms with Gasteiger partial charge in [0, 0.05) is 0 Å². The average molecular weight is 317 g/mol. The molecule has 0 aromatic heterocycles. The van der Waals surface area contributed by atoms with Crippen molar-refractivity contribution in [1.82, 2.24) is 4.90 Å². The van der Waals surface area contributed by atoms with Crippen molar-refractivity contribution in [2.75, 3.05) is 13.2 Å². The van der Waals surface area contributed by atoms with E-state index < -0.39 is 36.3 Å². The molecule has 0 bridgehead atoms. The van der Waals surface area contributed by atoms with Gasteiger partial charge < -0.3 is 9.84 Å². The molecule has 1 aromatic carbocycles. The van der Waals surface area contributed by atoms with Gasteiger partial charge in [-0.25, -0.2) is 9.69 Å². The van der Waals surface area contributed by atoms with Crippen molar-refractivity contribution in [3.8, 4) is 0 Å². The molecular formula is C14H14F3NO4. The normalized spacial score (nSPS) is 16.6. The Balaban J connectivity index is 2.17. The molecule has 1 atom stereocenters. The van der Waals surface area contributed by atoms with Gasteiger partial charge in [0.15, 0.2) is 0 Å². The standard InChI is InChI=1S/C14H14F3NO4/c1-8-2-3-9(14(15,16)17)6-10(8)11(19)7-12(20)18-4-5-22-13(18)21/h2-3,6,11,19H,4-5,7H2,1H3. The Morgan fingerprint density at radius 3 is 2.68 bits per heavy atom. The molecule has 1 aliphatic heterocycles. The SMILES string of the molecule is Cc1ccc(C(F)(F)F)cc1C(O)CC(=O)N1CCOC1=O. The summed E-state index contributed by atoms with van der Waals surface area (Å²) in [7, 11) is 0. The Kier molecular flexibility index (Phi) is 4.41. The van der Waals surface area contributed by atoms with Crippen molar-refractivity contribution in [2.45, 2.75) is 25.6 Å². The van der Waals surface area contributed by atoms with Crippen LogP contribution < -0.4 is 0 Å². The number of aliphatic hydroxyl groups is 1. The maximum atomic E-state index is 12.7. The Labute approximate surface area is 124 Å². The average Bonchev–Trinajstić information content (AvgIpc) is 2.84. The van der Waals surface area contributed by atoms with Gasteiger partial charge in [-0.15, -0.1) is 0 Å². The van der Waals surface area contributed by atoms with Crippen molar-refractivity contribution in [2.24, 2.45) is 0 Å². The van der Waals surface area contributed by atoms with E-state index in [1.165, 1.54) is 13.0 Å². The van der Waals surface area contributed by atoms with Crippen LogP contribution in [0.1, 0.15) is 29.2 Å². The van der Waals surface area contributed by atoms with E-state index in [4.69, 9.17) is 0 Å². The highest BCUT2D eigenvalue weighted by Gasteiger charge is 2.33. The van der Waals surface area contributed by atoms with Gasteiger partial charge in [0.2, 0.25) is 5.91 Å². The van der Waals surface area contributed by atoms with Crippen LogP contribution >= 0.6 is 0 Å². The molecule has 2 amide bonds. The number of halogens is 3. The topological polar surface area (TPSA) is 66.8 Å². The second-order valence-corrected chi connectivity index (χ2v) is 4.95. The van der Waals surface area contributed by atoms with E-state index in [-0.39, 0.29) is 18.7 Å². The number of carbonyl (C=O) groups is 2. The third-order valence-corrected chi connectivity index (χ3v) is 3.40. The third kappa shape index (κ3) is 3.38. The minimum atomic E-state index is -4.54. The van der Waals surface area contributed by atoms with Gasteiger partial charge in [-0.1, -0.05) is 6.07 Å². The molecule has 2 rings (SSSR count). The van der Waals surface area contributed by atoms with Crippen molar-refractivity contribution in [3.05, 3.63) is 34.9 Å². The molecule has 1 heterocycles. The molecule has 0 radical (unpaired) electrons. The number of nitrogens with zero attached hydrogens (tertiary/aromatic N) is 1. The maximum Gasteiger partial charge on any atom is 0.416 e. The smallest absolute Gasteiger partial charge is 0.416 e. The molecule has 1 fully saturated rings. The molecule has 0 saturated carbocycles. The summed E-state index contributed by atoms with van der Waals surface area (Å²) in [6.07, 6.45) is -7.26. The van der Waals surface area contributed by atoms with Gasteiger partial charge in [0.05, 0.1) is 24.6 Å². The van der Waals surface area contributed by atoms with Crippen LogP contribution in [0.2, 0.25) is 0 Å². The number of hydrogen-bond donors (Lipinski definition) is 1. The molecule has 0 spiro atoms. The molecule has 0 aliphatic carbocycles. The molecule has 22 heavy (non-hydrogen) atoms. The van der Waals surface area contributed by atoms with E-state index >= 15 is 0 Å². The summed E-state index contributed by atoms with van der Waals surface area (Å²) in [4.78, 5) is 23.9. The number of cyclic esters (lactones) is 1. The Morgan fingerprint density at radius 2 is 2.14 bits per heavy atom. The number of alkyl halides is 3. The Hall–Kier alpha value is -2.09. The van der Waals surface area contributed by atoms with Crippen molar-refractivity contribution in [1.29, 1.82) is 0 Å². The van der Waals surface area contributed by atoms with E-state index in [1.807, 2.05) is 0 Å². The second kappa shape index (κ2) is 5.96. The van der Waals surface area contributed by atoms with Crippen molar-refractivity contribution in [3.63, 3.8) is 0 Å². The number of aryl methyl sites for hydroxylation is 1. The van der Waals surface area contributed by atoms with Crippen LogP contribution in [0.4, 0.5) is 18.0 Å². The Morgan fingerprint density at radius 1 is 1.45 bits per heavy atom. The van der Waals surface area contributed by atoms with E-state index in [2.05, 4.69) is 4.74 Å². The lowest BCUT2D eigenvalue weighted by molar-refractivity contribution is -0.137. The van der Waals surface area contributed by atoms with Crippen LogP contribution in [0.5, 0.6) is 0 Å². The first-order valence-electron chi connectivity index (χ1n) is 6.53. The molecular weight excluding hydrogens is 303 g/mol. The van der Waals surface area contributed by atoms with Crippen molar-refractivity contribution >= 4 is 12.0 Å². The Bertz CT molecular complexity index is 600. The lowest BCUT2D eigenvalue weighted by Gasteiger charge is -2.18. The zero-order valence-electron chi connectivity index (χ0n) is 11.7. The number of carbonyl (C=O) groups excluding carboxylic acids is 2. The van der Waals surface area contributed by atoms with Gasteiger partial charge in [0.1, 0.15) is 6.61 Å². The fraction of sp³-hybridized carbons (Fsp3) is 0.429. The van der Waals surface area contributed by atoms with Crippen LogP contribution in [0.15, 0.2) is 18.2 Å². The van der Waals surface area contributed by atoms with Crippen LogP contribution in [0.3, 0.4) is 0 Å². The molecule has 1 aromatic rings. The second-order valence-electron chi connectivity index (χ2n) is 4.95. The van der Waals surface area contributed by atoms with Gasteiger partial charge >= 0.3 is 12.3 Å². The largest absolute Gasteiger partial charge is 0.447 e. The number of aliphatic hydroxyl groups excluding tert-OH is 1. The number of amides is 2. The molecule has 8 heteroatoms. The predicted molar refractivity (Wildman–Crippen MR) is 68.8 cm³/mol. The summed E-state index contributed by atoms with van der Waals surface area (Å²) in [5.41, 5.74) is -0.465. The first-order chi connectivity index (χ1) is 10.2. The van der Waals surface area contributed by atoms with E-state index in [0.29, 0.717) is 5.56 Å². The number of hydrogen-bond acceptors (Lipinski definition) is 4. The molecule has 1 aliphatic rings. The fourth-order valence-corrected chi connectivity index (χ4v) is 2.18. The number of benzene rings is 1. The van der Waals surface area contributed by atoms with Gasteiger partial charge in [-0.05, 0) is 30.2 Å². The molecule has 5 nitrogen and oxygen atoms in total. The number of imide groups is 1. The molecule has 120 valence electrons. The highest BCUT2D eigenvalue weighted by atomic mass is 19.4. The van der Waals surface area contributed by atoms with E-state index in [9.17, 15) is 27.9 Å². The van der Waals surface area contributed by atoms with Crippen LogP contribution in [-0.4, -0.2) is 35.2 Å². The summed E-state index contributed by atoms with van der Waals surface area (Å²) < 4.78 is 42.7. The highest BCUT2D eigenvalue weighted by molar-refractivity contribution is 5.93. The van der Waals surface area contributed by atoms with Gasteiger partial charge in [-0.3, -0.25) is 4.79 Å². The lowest BCUT2D eigenvalue weighted by atomic mass is 9.98. The quantitative estimate of drug-likeness (QED) is 0.930. The minimum absolute atomic E-state index is 0.00994. The summed E-state index contributed by atoms with van der Waals surface area (Å²) in [6.45, 7) is 1.68. The summed E-state index contributed by atoms with van der Waals surface area (Å²) in [5.74, 6) is -0.688. The van der Waals surface area contributed by atoms with Crippen LogP contribution in [0.25, 0.3) is 0 Å². The van der Waals surface area contributed by atoms with Gasteiger partial charge in [0.25, 0.3) is 0 Å². The first-order valence-corrected chi connectivity index (χ1v) is 6.53. The van der Waals surface area contributed by atoms with Crippen LogP contribution in [-0.2, 0) is 15.7 Å². The van der Waals surface area contributed by atoms with Gasteiger partial charge in [-0.2, -0.15) is 13.2 Å². The lowest BCUT2D eigenvalue weighted by Crippen LogP contribution is -2.32. The highest BCUT2D eigenvalue weighted by Crippen LogP contribution is 2.33. The first kappa shape index (κ1) is 16.3. The summed E-state index contributed by atoms with van der Waals surface area (Å²) in [5, 5.41) is 10.0. The third-order valence-electron chi connectivity index (χ3n) is 3.40. The molecule has 1 unspecified atom stereocenters. The monoisotopic (exact) mass is 317 g/mol. The van der Waals surface area contributed by atoms with Crippen molar-refractivity contribution < 1.29 is 32.6 Å². The summed E-state index contributed by atoms with van der Waals surface area (Å²) in [6, 6.07) is 2.96. The van der Waals surface area contributed by atoms with E-state index in [0.717, 1.165) is 17.0 Å². The zero-order valence-corrected chi connectivity index (χ0v) is 11.7. The van der Waals surface area contributed by atoms with E-state index in [1.54, 1.807) is 0 Å². The number of ether oxygens (including phenoxy) is 1. The number of rotatable bonds is 3. The fourth-order valence-electron chi connectivity index (χ4n) is 2.18. The predicted octanol–water partition coefficient (Wildman–Crippen LogP) is 2.42. The zero-order chi connectivity index (χ0) is 16.5. The van der Waals surface area contributed by atoms with Crippen LogP contribution in [0, 0.1) is 6.92 Å². The minimum Gasteiger partial charge on any atom is -0.447 e. The molecule has 1 N–H and O–H groups in total.